The summed E-state index contributed by atoms with van der Waals surface area (Å²) in [6.45, 7) is 0. The van der Waals surface area contributed by atoms with E-state index in [4.69, 9.17) is 23.2 Å². The second-order valence-corrected chi connectivity index (χ2v) is 6.54. The predicted molar refractivity (Wildman–Crippen MR) is 83.6 cm³/mol. The number of benzene rings is 1. The lowest BCUT2D eigenvalue weighted by atomic mass is 9.99. The van der Waals surface area contributed by atoms with Gasteiger partial charge in [-0.2, -0.15) is 0 Å². The molecule has 0 bridgehead atoms. The number of rotatable bonds is 3. The van der Waals surface area contributed by atoms with E-state index in [1.54, 1.807) is 12.1 Å². The Balaban J connectivity index is 2.13. The third-order valence-electron chi connectivity index (χ3n) is 3.38. The Labute approximate surface area is 131 Å². The molecule has 1 N–H and O–H groups in total. The Morgan fingerprint density at radius 2 is 2.06 bits per heavy atom. The quantitative estimate of drug-likeness (QED) is 0.600. The van der Waals surface area contributed by atoms with Gasteiger partial charge in [-0.05, 0) is 53.6 Å². The van der Waals surface area contributed by atoms with E-state index in [-0.39, 0.29) is 11.4 Å². The Morgan fingerprint density at radius 1 is 1.39 bits per heavy atom. The second-order valence-electron chi connectivity index (χ2n) is 4.70. The lowest BCUT2D eigenvalue weighted by Crippen LogP contribution is -2.47. The summed E-state index contributed by atoms with van der Waals surface area (Å²) in [7, 11) is 0. The maximum absolute atomic E-state index is 12.2. The van der Waals surface area contributed by atoms with Crippen molar-refractivity contribution in [2.45, 2.75) is 31.2 Å². The third kappa shape index (κ3) is 3.11. The number of nitrogens with one attached hydrogen (secondary N) is 1. The van der Waals surface area contributed by atoms with Gasteiger partial charge in [0.05, 0.1) is 10.6 Å². The van der Waals surface area contributed by atoms with E-state index in [0.29, 0.717) is 16.5 Å². The Kier molecular flexibility index (Phi) is 4.78. The zero-order valence-electron chi connectivity index (χ0n) is 9.81. The number of alkyl halides is 1. The number of carbonyl (C=O) groups is 1. The van der Waals surface area contributed by atoms with E-state index in [9.17, 15) is 4.79 Å². The summed E-state index contributed by atoms with van der Waals surface area (Å²) in [4.78, 5) is 12.2. The molecule has 1 aromatic carbocycles. The van der Waals surface area contributed by atoms with E-state index in [1.807, 2.05) is 6.07 Å². The lowest BCUT2D eigenvalue weighted by molar-refractivity contribution is 0.0909. The smallest absolute Gasteiger partial charge is 0.251 e. The van der Waals surface area contributed by atoms with Crippen molar-refractivity contribution in [1.29, 1.82) is 0 Å². The van der Waals surface area contributed by atoms with Gasteiger partial charge in [-0.25, -0.2) is 0 Å². The largest absolute Gasteiger partial charge is 0.345 e. The van der Waals surface area contributed by atoms with E-state index in [2.05, 4.69) is 27.9 Å². The standard InChI is InChI=1S/C13H14Cl2INO/c14-8-13(5-1-2-6-13)17-12(18)9-3-4-11(16)10(15)7-9/h3-4,7H,1-2,5-6,8H2,(H,17,18). The highest BCUT2D eigenvalue weighted by Crippen LogP contribution is 2.31. The molecule has 18 heavy (non-hydrogen) atoms. The van der Waals surface area contributed by atoms with Gasteiger partial charge in [0.2, 0.25) is 0 Å². The van der Waals surface area contributed by atoms with Crippen molar-refractivity contribution in [3.8, 4) is 0 Å². The Hall–Kier alpha value is -0.0000000000000000555. The fraction of sp³-hybridized carbons (Fsp3) is 0.462. The predicted octanol–water partition coefficient (Wildman–Crippen LogP) is 4.23. The zero-order chi connectivity index (χ0) is 13.2. The minimum Gasteiger partial charge on any atom is -0.345 e. The molecule has 0 unspecified atom stereocenters. The van der Waals surface area contributed by atoms with Gasteiger partial charge in [0.25, 0.3) is 5.91 Å². The van der Waals surface area contributed by atoms with Crippen LogP contribution in [0.2, 0.25) is 5.02 Å². The molecule has 0 spiro atoms. The highest BCUT2D eigenvalue weighted by atomic mass is 127. The molecular formula is C13H14Cl2INO. The van der Waals surface area contributed by atoms with Crippen molar-refractivity contribution >= 4 is 51.7 Å². The first-order valence-corrected chi connectivity index (χ1v) is 7.89. The normalized spacial score (nSPS) is 17.7. The zero-order valence-corrected chi connectivity index (χ0v) is 13.5. The van der Waals surface area contributed by atoms with Gasteiger partial charge in [0.1, 0.15) is 0 Å². The van der Waals surface area contributed by atoms with Crippen LogP contribution in [0.15, 0.2) is 18.2 Å². The first kappa shape index (κ1) is 14.4. The van der Waals surface area contributed by atoms with Gasteiger partial charge in [-0.1, -0.05) is 24.4 Å². The van der Waals surface area contributed by atoms with Crippen LogP contribution >= 0.6 is 45.8 Å². The number of halogens is 3. The molecule has 1 aliphatic rings. The van der Waals surface area contributed by atoms with Crippen molar-refractivity contribution in [3.05, 3.63) is 32.4 Å². The summed E-state index contributed by atoms with van der Waals surface area (Å²) < 4.78 is 0.943. The first-order chi connectivity index (χ1) is 8.56. The summed E-state index contributed by atoms with van der Waals surface area (Å²) in [5.41, 5.74) is 0.366. The van der Waals surface area contributed by atoms with Crippen LogP contribution in [0.25, 0.3) is 0 Å². The molecule has 1 saturated carbocycles. The van der Waals surface area contributed by atoms with Crippen LogP contribution < -0.4 is 5.32 Å². The molecule has 0 atom stereocenters. The van der Waals surface area contributed by atoms with Gasteiger partial charge in [-0.15, -0.1) is 11.6 Å². The molecule has 0 aromatic heterocycles. The van der Waals surface area contributed by atoms with E-state index >= 15 is 0 Å². The molecule has 98 valence electrons. The van der Waals surface area contributed by atoms with Crippen molar-refractivity contribution in [1.82, 2.24) is 5.32 Å². The molecule has 0 saturated heterocycles. The van der Waals surface area contributed by atoms with E-state index in [0.717, 1.165) is 29.3 Å². The van der Waals surface area contributed by atoms with Gasteiger partial charge in [-0.3, -0.25) is 4.79 Å². The molecule has 1 fully saturated rings. The van der Waals surface area contributed by atoms with Crippen molar-refractivity contribution < 1.29 is 4.79 Å². The van der Waals surface area contributed by atoms with Crippen LogP contribution in [-0.4, -0.2) is 17.3 Å². The van der Waals surface area contributed by atoms with Gasteiger partial charge >= 0.3 is 0 Å². The molecule has 0 heterocycles. The minimum atomic E-state index is -0.228. The van der Waals surface area contributed by atoms with Crippen LogP contribution in [0, 0.1) is 3.57 Å². The molecule has 2 rings (SSSR count). The summed E-state index contributed by atoms with van der Waals surface area (Å²) in [6.07, 6.45) is 4.17. The Morgan fingerprint density at radius 3 is 2.61 bits per heavy atom. The van der Waals surface area contributed by atoms with Gasteiger partial charge in [0.15, 0.2) is 0 Å². The molecule has 1 aromatic rings. The second kappa shape index (κ2) is 5.97. The summed E-state index contributed by atoms with van der Waals surface area (Å²) in [5.74, 6) is 0.382. The maximum atomic E-state index is 12.2. The van der Waals surface area contributed by atoms with E-state index < -0.39 is 0 Å². The lowest BCUT2D eigenvalue weighted by Gasteiger charge is -2.27. The van der Waals surface area contributed by atoms with Gasteiger partial charge < -0.3 is 5.32 Å². The minimum absolute atomic E-state index is 0.0872. The highest BCUT2D eigenvalue weighted by Gasteiger charge is 2.34. The maximum Gasteiger partial charge on any atom is 0.251 e. The van der Waals surface area contributed by atoms with Crippen LogP contribution in [-0.2, 0) is 0 Å². The number of amides is 1. The molecule has 2 nitrogen and oxygen atoms in total. The fourth-order valence-electron chi connectivity index (χ4n) is 2.29. The van der Waals surface area contributed by atoms with Crippen LogP contribution in [0.3, 0.4) is 0 Å². The SMILES string of the molecule is O=C(NC1(CCl)CCCC1)c1ccc(I)c(Cl)c1. The summed E-state index contributed by atoms with van der Waals surface area (Å²) in [5, 5.41) is 3.68. The molecule has 0 aliphatic heterocycles. The third-order valence-corrected chi connectivity index (χ3v) is 5.46. The number of hydrogen-bond acceptors (Lipinski definition) is 1. The average molecular weight is 398 g/mol. The molecule has 5 heteroatoms. The Bertz CT molecular complexity index is 458. The molecule has 1 aliphatic carbocycles. The summed E-state index contributed by atoms with van der Waals surface area (Å²) in [6, 6.07) is 5.34. The van der Waals surface area contributed by atoms with Crippen molar-refractivity contribution in [2.24, 2.45) is 0 Å². The molecule has 1 amide bonds. The van der Waals surface area contributed by atoms with Crippen LogP contribution in [0.1, 0.15) is 36.0 Å². The summed E-state index contributed by atoms with van der Waals surface area (Å²) >= 11 is 14.2. The molecule has 0 radical (unpaired) electrons. The van der Waals surface area contributed by atoms with Crippen LogP contribution in [0.4, 0.5) is 0 Å². The average Bonchev–Trinajstić information content (AvgIpc) is 2.82. The first-order valence-electron chi connectivity index (χ1n) is 5.90. The van der Waals surface area contributed by atoms with Crippen LogP contribution in [0.5, 0.6) is 0 Å². The monoisotopic (exact) mass is 397 g/mol. The fourth-order valence-corrected chi connectivity index (χ4v) is 3.14. The van der Waals surface area contributed by atoms with E-state index in [1.165, 1.54) is 0 Å². The molecular weight excluding hydrogens is 384 g/mol. The highest BCUT2D eigenvalue weighted by molar-refractivity contribution is 14.1. The van der Waals surface area contributed by atoms with Crippen molar-refractivity contribution in [3.63, 3.8) is 0 Å². The number of hydrogen-bond donors (Lipinski definition) is 1. The topological polar surface area (TPSA) is 29.1 Å². The number of carbonyl (C=O) groups excluding carboxylic acids is 1. The van der Waals surface area contributed by atoms with Crippen molar-refractivity contribution in [2.75, 3.05) is 5.88 Å². The van der Waals surface area contributed by atoms with Gasteiger partial charge in [0, 0.05) is 15.0 Å².